The molecule has 2 atom stereocenters. The van der Waals surface area contributed by atoms with Crippen molar-refractivity contribution >= 4 is 12.3 Å². The van der Waals surface area contributed by atoms with Crippen LogP contribution in [-0.2, 0) is 17.8 Å². The molecule has 2 rings (SSSR count). The van der Waals surface area contributed by atoms with Crippen molar-refractivity contribution in [2.75, 3.05) is 14.2 Å². The van der Waals surface area contributed by atoms with Gasteiger partial charge in [-0.15, -0.1) is 0 Å². The maximum atomic E-state index is 5.52. The number of methoxy groups -OCH3 is 2. The van der Waals surface area contributed by atoms with Crippen molar-refractivity contribution in [1.29, 1.82) is 0 Å². The summed E-state index contributed by atoms with van der Waals surface area (Å²) in [7, 11) is 3.17. The van der Waals surface area contributed by atoms with Crippen LogP contribution in [0, 0.1) is 0 Å². The molecule has 112 valence electrons. The SMILES string of the molecule is COC(OSOC(OC)c1ccccc1)c1ccccc1. The lowest BCUT2D eigenvalue weighted by Crippen LogP contribution is -2.06. The van der Waals surface area contributed by atoms with Gasteiger partial charge in [-0.2, -0.15) is 0 Å². The van der Waals surface area contributed by atoms with Crippen LogP contribution in [0.1, 0.15) is 23.7 Å². The number of hydrogen-bond acceptors (Lipinski definition) is 5. The Labute approximate surface area is 129 Å². The first-order valence-electron chi connectivity index (χ1n) is 6.49. The van der Waals surface area contributed by atoms with Gasteiger partial charge in [0.2, 0.25) is 0 Å². The van der Waals surface area contributed by atoms with Gasteiger partial charge in [0.25, 0.3) is 0 Å². The van der Waals surface area contributed by atoms with Crippen LogP contribution in [0.4, 0.5) is 0 Å². The minimum Gasteiger partial charge on any atom is -0.351 e. The van der Waals surface area contributed by atoms with Crippen molar-refractivity contribution in [3.63, 3.8) is 0 Å². The van der Waals surface area contributed by atoms with Gasteiger partial charge in [-0.3, -0.25) is 8.37 Å². The smallest absolute Gasteiger partial charge is 0.199 e. The molecule has 5 heteroatoms. The normalized spacial score (nSPS) is 13.8. The van der Waals surface area contributed by atoms with E-state index in [1.807, 2.05) is 60.7 Å². The monoisotopic (exact) mass is 306 g/mol. The molecule has 0 heterocycles. The Morgan fingerprint density at radius 1 is 0.667 bits per heavy atom. The summed E-state index contributed by atoms with van der Waals surface area (Å²) in [6.45, 7) is 0. The fourth-order valence-electron chi connectivity index (χ4n) is 1.78. The molecule has 0 fully saturated rings. The zero-order chi connectivity index (χ0) is 14.9. The third-order valence-electron chi connectivity index (χ3n) is 2.82. The van der Waals surface area contributed by atoms with E-state index in [9.17, 15) is 0 Å². The Kier molecular flexibility index (Phi) is 6.72. The first-order valence-corrected chi connectivity index (χ1v) is 7.16. The van der Waals surface area contributed by atoms with Gasteiger partial charge in [0, 0.05) is 25.3 Å². The van der Waals surface area contributed by atoms with E-state index in [0.717, 1.165) is 23.5 Å². The summed E-state index contributed by atoms with van der Waals surface area (Å²) in [5.41, 5.74) is 1.84. The van der Waals surface area contributed by atoms with E-state index in [0.29, 0.717) is 0 Å². The van der Waals surface area contributed by atoms with E-state index in [1.165, 1.54) is 0 Å². The first kappa shape index (κ1) is 16.0. The molecule has 0 saturated carbocycles. The van der Waals surface area contributed by atoms with E-state index >= 15 is 0 Å². The molecule has 0 aliphatic heterocycles. The average molecular weight is 306 g/mol. The summed E-state index contributed by atoms with van der Waals surface area (Å²) >= 11 is 0.858. The number of rotatable bonds is 8. The lowest BCUT2D eigenvalue weighted by Gasteiger charge is -2.18. The van der Waals surface area contributed by atoms with Gasteiger partial charge in [-0.1, -0.05) is 60.7 Å². The van der Waals surface area contributed by atoms with E-state index in [4.69, 9.17) is 17.8 Å². The Hall–Kier alpha value is -1.37. The molecule has 21 heavy (non-hydrogen) atoms. The Bertz CT molecular complexity index is 459. The molecule has 0 N–H and O–H groups in total. The van der Waals surface area contributed by atoms with E-state index in [1.54, 1.807) is 14.2 Å². The van der Waals surface area contributed by atoms with Gasteiger partial charge in [-0.25, -0.2) is 0 Å². The summed E-state index contributed by atoms with van der Waals surface area (Å²) in [6.07, 6.45) is -0.992. The largest absolute Gasteiger partial charge is 0.351 e. The first-order chi connectivity index (χ1) is 10.3. The Morgan fingerprint density at radius 2 is 1.05 bits per heavy atom. The molecule has 0 spiro atoms. The maximum absolute atomic E-state index is 5.52. The van der Waals surface area contributed by atoms with Crippen LogP contribution in [0.25, 0.3) is 0 Å². The van der Waals surface area contributed by atoms with Crippen molar-refractivity contribution in [1.82, 2.24) is 0 Å². The zero-order valence-corrected chi connectivity index (χ0v) is 12.8. The molecule has 0 bridgehead atoms. The van der Waals surface area contributed by atoms with Crippen LogP contribution >= 0.6 is 12.3 Å². The third-order valence-corrected chi connectivity index (χ3v) is 3.33. The summed E-state index contributed by atoms with van der Waals surface area (Å²) in [4.78, 5) is 0. The van der Waals surface area contributed by atoms with Crippen LogP contribution in [-0.4, -0.2) is 14.2 Å². The molecular weight excluding hydrogens is 288 g/mol. The van der Waals surface area contributed by atoms with Crippen LogP contribution in [0.2, 0.25) is 0 Å². The second-order valence-corrected chi connectivity index (χ2v) is 4.74. The van der Waals surface area contributed by atoms with Crippen molar-refractivity contribution in [2.45, 2.75) is 12.6 Å². The predicted molar refractivity (Wildman–Crippen MR) is 82.1 cm³/mol. The van der Waals surface area contributed by atoms with Crippen LogP contribution in [0.5, 0.6) is 0 Å². The topological polar surface area (TPSA) is 36.9 Å². The molecule has 4 nitrogen and oxygen atoms in total. The van der Waals surface area contributed by atoms with Crippen molar-refractivity contribution in [3.05, 3.63) is 71.8 Å². The number of ether oxygens (including phenoxy) is 2. The fraction of sp³-hybridized carbons (Fsp3) is 0.250. The van der Waals surface area contributed by atoms with Crippen molar-refractivity contribution < 1.29 is 17.8 Å². The van der Waals surface area contributed by atoms with E-state index in [-0.39, 0.29) is 0 Å². The van der Waals surface area contributed by atoms with Gasteiger partial charge in [0.05, 0.1) is 0 Å². The molecular formula is C16H18O4S. The molecule has 2 aromatic carbocycles. The standard InChI is InChI=1S/C16H18O4S/c1-17-15(13-9-5-3-6-10-13)19-21-20-16(18-2)14-11-7-4-8-12-14/h3-12,15-16H,1-2H3. The predicted octanol–water partition coefficient (Wildman–Crippen LogP) is 4.27. The minimum absolute atomic E-state index is 0.496. The average Bonchev–Trinajstić information content (AvgIpc) is 2.57. The molecule has 0 aliphatic rings. The lowest BCUT2D eigenvalue weighted by atomic mass is 10.2. The van der Waals surface area contributed by atoms with Gasteiger partial charge >= 0.3 is 0 Å². The highest BCUT2D eigenvalue weighted by Gasteiger charge is 2.15. The molecule has 0 amide bonds. The fourth-order valence-corrected chi connectivity index (χ4v) is 2.34. The van der Waals surface area contributed by atoms with E-state index in [2.05, 4.69) is 0 Å². The molecule has 2 unspecified atom stereocenters. The van der Waals surface area contributed by atoms with Gasteiger partial charge < -0.3 is 9.47 Å². The zero-order valence-electron chi connectivity index (χ0n) is 12.0. The highest BCUT2D eigenvalue weighted by atomic mass is 32.2. The lowest BCUT2D eigenvalue weighted by molar-refractivity contribution is -0.0765. The highest BCUT2D eigenvalue weighted by Crippen LogP contribution is 2.29. The summed E-state index contributed by atoms with van der Waals surface area (Å²) < 4.78 is 21.6. The Balaban J connectivity index is 1.87. The Morgan fingerprint density at radius 3 is 1.38 bits per heavy atom. The van der Waals surface area contributed by atoms with Crippen LogP contribution in [0.15, 0.2) is 60.7 Å². The number of hydrogen-bond donors (Lipinski definition) is 0. The maximum Gasteiger partial charge on any atom is 0.199 e. The molecule has 2 aromatic rings. The summed E-state index contributed by atoms with van der Waals surface area (Å²) in [5, 5.41) is 0. The summed E-state index contributed by atoms with van der Waals surface area (Å²) in [5.74, 6) is 0. The molecule has 0 aromatic heterocycles. The second kappa shape index (κ2) is 8.81. The third kappa shape index (κ3) is 4.84. The van der Waals surface area contributed by atoms with E-state index < -0.39 is 12.6 Å². The second-order valence-electron chi connectivity index (χ2n) is 4.22. The molecule has 0 aliphatic carbocycles. The minimum atomic E-state index is -0.496. The van der Waals surface area contributed by atoms with Crippen LogP contribution < -0.4 is 0 Å². The number of benzene rings is 2. The van der Waals surface area contributed by atoms with Gasteiger partial charge in [0.15, 0.2) is 24.9 Å². The summed E-state index contributed by atoms with van der Waals surface area (Å²) in [6, 6.07) is 19.3. The van der Waals surface area contributed by atoms with Gasteiger partial charge in [-0.05, 0) is 0 Å². The van der Waals surface area contributed by atoms with Crippen molar-refractivity contribution in [3.8, 4) is 0 Å². The van der Waals surface area contributed by atoms with Gasteiger partial charge in [0.1, 0.15) is 0 Å². The quantitative estimate of drug-likeness (QED) is 0.537. The van der Waals surface area contributed by atoms with Crippen molar-refractivity contribution in [2.24, 2.45) is 0 Å². The molecule has 0 saturated heterocycles. The van der Waals surface area contributed by atoms with Crippen LogP contribution in [0.3, 0.4) is 0 Å². The molecule has 0 radical (unpaired) electrons. The highest BCUT2D eigenvalue weighted by molar-refractivity contribution is 7.89.